The summed E-state index contributed by atoms with van der Waals surface area (Å²) in [6, 6.07) is 6.75. The molecule has 2 aromatic rings. The molecule has 1 fully saturated rings. The molecule has 2 aliphatic rings. The van der Waals surface area contributed by atoms with E-state index in [2.05, 4.69) is 10.3 Å². The number of likely N-dealkylation sites (tertiary alicyclic amines) is 1. The second-order valence-electron chi connectivity index (χ2n) is 8.00. The molecule has 2 heterocycles. The number of β-amino-alcohol motifs (C(OH)–C–C–N with tert-alkyl or cyclic N) is 2. The smallest absolute Gasteiger partial charge is 0.262 e. The Labute approximate surface area is 177 Å². The van der Waals surface area contributed by atoms with Crippen molar-refractivity contribution in [1.82, 2.24) is 15.2 Å². The van der Waals surface area contributed by atoms with Gasteiger partial charge in [0.2, 0.25) is 5.67 Å². The number of alkyl halides is 1. The summed E-state index contributed by atoms with van der Waals surface area (Å²) in [7, 11) is 0. The van der Waals surface area contributed by atoms with Crippen molar-refractivity contribution in [3.05, 3.63) is 64.2 Å². The van der Waals surface area contributed by atoms with Gasteiger partial charge in [-0.3, -0.25) is 14.7 Å². The van der Waals surface area contributed by atoms with Gasteiger partial charge in [0.1, 0.15) is 11.4 Å². The third-order valence-corrected chi connectivity index (χ3v) is 6.15. The molecule has 1 aliphatic heterocycles. The number of hydrogen-bond acceptors (Lipinski definition) is 5. The minimum absolute atomic E-state index is 0.00479. The first-order valence-corrected chi connectivity index (χ1v) is 10.1. The van der Waals surface area contributed by atoms with E-state index in [4.69, 9.17) is 11.6 Å². The van der Waals surface area contributed by atoms with Crippen molar-refractivity contribution >= 4 is 17.5 Å². The predicted octanol–water partition coefficient (Wildman–Crippen LogP) is 2.01. The van der Waals surface area contributed by atoms with E-state index >= 15 is 4.39 Å². The molecular weight excluding hydrogens is 416 g/mol. The van der Waals surface area contributed by atoms with Gasteiger partial charge < -0.3 is 15.5 Å². The van der Waals surface area contributed by atoms with Crippen LogP contribution in [0.4, 0.5) is 8.78 Å². The highest BCUT2D eigenvalue weighted by molar-refractivity contribution is 6.31. The van der Waals surface area contributed by atoms with E-state index in [1.165, 1.54) is 30.5 Å². The number of carbonyl (C=O) groups is 1. The van der Waals surface area contributed by atoms with Crippen LogP contribution in [0.5, 0.6) is 0 Å². The highest BCUT2D eigenvalue weighted by atomic mass is 35.5. The van der Waals surface area contributed by atoms with Gasteiger partial charge in [0.05, 0.1) is 11.8 Å². The number of nitrogens with one attached hydrogen (secondary N) is 1. The van der Waals surface area contributed by atoms with E-state index in [0.717, 1.165) is 6.07 Å². The maximum atomic E-state index is 16.0. The lowest BCUT2D eigenvalue weighted by Crippen LogP contribution is -2.57. The Morgan fingerprint density at radius 3 is 2.80 bits per heavy atom. The van der Waals surface area contributed by atoms with Crippen molar-refractivity contribution in [3.63, 3.8) is 0 Å². The number of carbonyl (C=O) groups excluding carboxylic acids is 1. The second-order valence-corrected chi connectivity index (χ2v) is 8.41. The monoisotopic (exact) mass is 437 g/mol. The lowest BCUT2D eigenvalue weighted by atomic mass is 9.74. The molecule has 1 aromatic heterocycles. The first-order valence-electron chi connectivity index (χ1n) is 9.71. The van der Waals surface area contributed by atoms with Crippen molar-refractivity contribution in [2.45, 2.75) is 36.8 Å². The molecule has 4 rings (SSSR count). The van der Waals surface area contributed by atoms with Gasteiger partial charge in [0.15, 0.2) is 0 Å². The largest absolute Gasteiger partial charge is 0.390 e. The molecule has 160 valence electrons. The Morgan fingerprint density at radius 1 is 1.33 bits per heavy atom. The predicted molar refractivity (Wildman–Crippen MR) is 106 cm³/mol. The molecule has 0 radical (unpaired) electrons. The number of benzene rings is 1. The van der Waals surface area contributed by atoms with Gasteiger partial charge in [-0.2, -0.15) is 0 Å². The number of hydrogen-bond donors (Lipinski definition) is 3. The lowest BCUT2D eigenvalue weighted by molar-refractivity contribution is -0.138. The van der Waals surface area contributed by atoms with Gasteiger partial charge in [-0.05, 0) is 36.6 Å². The van der Waals surface area contributed by atoms with E-state index < -0.39 is 29.1 Å². The molecule has 1 amide bonds. The minimum atomic E-state index is -2.36. The first-order chi connectivity index (χ1) is 14.2. The number of aliphatic hydroxyl groups is 2. The zero-order valence-corrected chi connectivity index (χ0v) is 16.9. The average Bonchev–Trinajstić information content (AvgIpc) is 2.69. The van der Waals surface area contributed by atoms with Crippen LogP contribution in [-0.2, 0) is 22.6 Å². The van der Waals surface area contributed by atoms with E-state index in [1.807, 2.05) is 4.90 Å². The fourth-order valence-electron chi connectivity index (χ4n) is 4.14. The van der Waals surface area contributed by atoms with Gasteiger partial charge in [0.25, 0.3) is 5.91 Å². The van der Waals surface area contributed by atoms with Crippen molar-refractivity contribution in [1.29, 1.82) is 0 Å². The third-order valence-electron chi connectivity index (χ3n) is 5.80. The van der Waals surface area contributed by atoms with Gasteiger partial charge in [0, 0.05) is 43.0 Å². The Bertz CT molecular complexity index is 972. The summed E-state index contributed by atoms with van der Waals surface area (Å²) >= 11 is 5.98. The highest BCUT2D eigenvalue weighted by Gasteiger charge is 2.52. The molecule has 2 atom stereocenters. The van der Waals surface area contributed by atoms with Crippen molar-refractivity contribution in [2.75, 3.05) is 19.6 Å². The SMILES string of the molecule is O=C(NCc1ccc(F)cc1Cl)C1(F)CCC(O)(CN2CC(O)C2)c2ncccc21. The Morgan fingerprint density at radius 2 is 2.10 bits per heavy atom. The van der Waals surface area contributed by atoms with Crippen LogP contribution < -0.4 is 5.32 Å². The molecular formula is C21H22ClF2N3O3. The van der Waals surface area contributed by atoms with Crippen LogP contribution in [0.3, 0.4) is 0 Å². The van der Waals surface area contributed by atoms with Crippen LogP contribution >= 0.6 is 11.6 Å². The molecule has 0 saturated carbocycles. The molecule has 1 saturated heterocycles. The van der Waals surface area contributed by atoms with E-state index in [-0.39, 0.29) is 42.2 Å². The zero-order valence-electron chi connectivity index (χ0n) is 16.1. The maximum absolute atomic E-state index is 16.0. The molecule has 0 spiro atoms. The van der Waals surface area contributed by atoms with Gasteiger partial charge in [-0.25, -0.2) is 8.78 Å². The quantitative estimate of drug-likeness (QED) is 0.666. The fraction of sp³-hybridized carbons (Fsp3) is 0.429. The van der Waals surface area contributed by atoms with Crippen molar-refractivity contribution in [3.8, 4) is 0 Å². The molecule has 0 bridgehead atoms. The third kappa shape index (κ3) is 3.80. The van der Waals surface area contributed by atoms with Gasteiger partial charge >= 0.3 is 0 Å². The minimum Gasteiger partial charge on any atom is -0.390 e. The number of fused-ring (bicyclic) bond motifs is 1. The van der Waals surface area contributed by atoms with Gasteiger partial charge in [-0.15, -0.1) is 0 Å². The van der Waals surface area contributed by atoms with Crippen molar-refractivity contribution in [2.24, 2.45) is 0 Å². The molecule has 9 heteroatoms. The highest BCUT2D eigenvalue weighted by Crippen LogP contribution is 2.46. The summed E-state index contributed by atoms with van der Waals surface area (Å²) in [5.41, 5.74) is -3.15. The topological polar surface area (TPSA) is 85.7 Å². The Hall–Kier alpha value is -2.13. The van der Waals surface area contributed by atoms with Crippen LogP contribution in [-0.4, -0.2) is 51.7 Å². The van der Waals surface area contributed by atoms with E-state index in [0.29, 0.717) is 18.7 Å². The number of amides is 1. The van der Waals surface area contributed by atoms with Crippen LogP contribution in [0, 0.1) is 5.82 Å². The lowest BCUT2D eigenvalue weighted by Gasteiger charge is -2.45. The summed E-state index contributed by atoms with van der Waals surface area (Å²) in [5.74, 6) is -1.36. The summed E-state index contributed by atoms with van der Waals surface area (Å²) < 4.78 is 29.2. The summed E-state index contributed by atoms with van der Waals surface area (Å²) in [6.45, 7) is 1.01. The molecule has 1 aliphatic carbocycles. The fourth-order valence-corrected chi connectivity index (χ4v) is 4.37. The average molecular weight is 438 g/mol. The summed E-state index contributed by atoms with van der Waals surface area (Å²) in [4.78, 5) is 18.9. The number of aromatic nitrogens is 1. The van der Waals surface area contributed by atoms with Gasteiger partial charge in [-0.1, -0.05) is 23.7 Å². The second kappa shape index (κ2) is 7.85. The Kier molecular flexibility index (Phi) is 5.52. The molecule has 3 N–H and O–H groups in total. The van der Waals surface area contributed by atoms with E-state index in [1.54, 1.807) is 0 Å². The van der Waals surface area contributed by atoms with Crippen LogP contribution in [0.2, 0.25) is 5.02 Å². The normalized spacial score (nSPS) is 26.7. The molecule has 30 heavy (non-hydrogen) atoms. The number of pyridine rings is 1. The maximum Gasteiger partial charge on any atom is 0.262 e. The standard InChI is InChI=1S/C21H22ClF2N3O3/c22-17-8-14(23)4-3-13(17)9-26-19(29)21(24)6-5-20(30,12-27-10-15(28)11-27)18-16(21)2-1-7-25-18/h1-4,7-8,15,28,30H,5-6,9-12H2,(H,26,29). The number of aliphatic hydroxyl groups excluding tert-OH is 1. The summed E-state index contributed by atoms with van der Waals surface area (Å²) in [5, 5.41) is 23.4. The molecule has 6 nitrogen and oxygen atoms in total. The van der Waals surface area contributed by atoms with Crippen LogP contribution in [0.25, 0.3) is 0 Å². The number of halogens is 3. The van der Waals surface area contributed by atoms with Crippen molar-refractivity contribution < 1.29 is 23.8 Å². The summed E-state index contributed by atoms with van der Waals surface area (Å²) in [6.07, 6.45) is 0.813. The molecule has 1 aromatic carbocycles. The zero-order chi connectivity index (χ0) is 21.5. The van der Waals surface area contributed by atoms with E-state index in [9.17, 15) is 19.4 Å². The van der Waals surface area contributed by atoms with Crippen LogP contribution in [0.1, 0.15) is 29.7 Å². The molecule has 2 unspecified atom stereocenters. The number of rotatable bonds is 5. The number of nitrogens with zero attached hydrogens (tertiary/aromatic N) is 2. The van der Waals surface area contributed by atoms with Crippen LogP contribution in [0.15, 0.2) is 36.5 Å². The first kappa shape index (κ1) is 21.1. The Balaban J connectivity index is 1.55.